The minimum Gasteiger partial charge on any atom is -0.287 e. The normalized spacial score (nSPS) is 17.1. The van der Waals surface area contributed by atoms with Gasteiger partial charge in [0.05, 0.1) is 19.8 Å². The van der Waals surface area contributed by atoms with Gasteiger partial charge in [0.2, 0.25) is 0 Å². The number of phosphoric acid groups is 1. The first-order valence-electron chi connectivity index (χ1n) is 20.9. The molecule has 0 aromatic heterocycles. The van der Waals surface area contributed by atoms with E-state index in [4.69, 9.17) is 0 Å². The zero-order valence-electron chi connectivity index (χ0n) is 41.4. The molecule has 95 heavy (non-hydrogen) atoms. The highest BCUT2D eigenvalue weighted by Gasteiger charge is 3.00. The van der Waals surface area contributed by atoms with Gasteiger partial charge in [0.1, 0.15) is 0 Å². The van der Waals surface area contributed by atoms with E-state index in [0.29, 0.717) is 0 Å². The second kappa shape index (κ2) is 23.9. The van der Waals surface area contributed by atoms with Crippen molar-refractivity contribution >= 4 is 7.82 Å². The van der Waals surface area contributed by atoms with E-state index >= 15 is 0 Å². The molecule has 0 aromatic rings. The molecule has 62 heteroatoms. The summed E-state index contributed by atoms with van der Waals surface area (Å²) in [6, 6.07) is 0. The lowest BCUT2D eigenvalue weighted by atomic mass is 9.87. The molecule has 0 aromatic carbocycles. The van der Waals surface area contributed by atoms with E-state index in [2.05, 4.69) is 13.6 Å². The van der Waals surface area contributed by atoms with E-state index in [0.717, 1.165) is 0 Å². The maximum atomic E-state index is 14.5. The second-order valence-electron chi connectivity index (χ2n) is 17.9. The summed E-state index contributed by atoms with van der Waals surface area (Å²) in [5.41, 5.74) is 0. The molecule has 0 heterocycles. The first kappa shape index (κ1) is 91.1. The van der Waals surface area contributed by atoms with Gasteiger partial charge in [-0.15, -0.1) is 0 Å². The summed E-state index contributed by atoms with van der Waals surface area (Å²) >= 11 is 0. The van der Waals surface area contributed by atoms with Gasteiger partial charge in [-0.3, -0.25) is 13.6 Å². The van der Waals surface area contributed by atoms with Crippen LogP contribution in [0.3, 0.4) is 0 Å². The monoisotopic (exact) mass is 1590 g/mol. The lowest BCUT2D eigenvalue weighted by molar-refractivity contribution is -0.468. The number of phosphoric ester groups is 1. The molecule has 0 aliphatic carbocycles. The average Bonchev–Trinajstić information content (AvgIpc) is 0.703. The van der Waals surface area contributed by atoms with Crippen LogP contribution in [0.25, 0.3) is 0 Å². The Labute approximate surface area is 477 Å². The highest BCUT2D eigenvalue weighted by Crippen LogP contribution is 2.70. The largest absolute Gasteiger partial charge is 0.474 e. The van der Waals surface area contributed by atoms with Crippen LogP contribution < -0.4 is 0 Å². The summed E-state index contributed by atoms with van der Waals surface area (Å²) < 4.78 is 801. The lowest BCUT2D eigenvalue weighted by Crippen LogP contribution is -2.75. The fourth-order valence-electron chi connectivity index (χ4n) is 5.62. The van der Waals surface area contributed by atoms with Crippen LogP contribution in [0.15, 0.2) is 0 Å². The van der Waals surface area contributed by atoms with Gasteiger partial charge in [-0.05, 0) is 0 Å². The molecule has 572 valence electrons. The minimum atomic E-state index is -9.81. The standard InChI is InChI=1S/C33H12F57O4P/c34-7(35,10(40,41)13(46,47)16(52,53)19(58,59)22(64,65)25(70,71)28(76,77)31(82,83)84)1-4-92-95(91,93-5-2-8(36,37)11(42,43)14(48,49)17(54,55)20(60,61)23(66,67)26(72,73)29(78,79)32(85,86)87)94-6-3-9(38,39)12(44,45)15(50,51)18(56,57)21(62,63)24(68,69)27(74,75)30(80,81)33(88,89)90/h1-6H2. The Kier molecular flexibility index (Phi) is 22.9. The zero-order chi connectivity index (χ0) is 78.4. The maximum Gasteiger partial charge on any atom is 0.474 e. The van der Waals surface area contributed by atoms with Crippen molar-refractivity contribution in [3.63, 3.8) is 0 Å². The Morgan fingerprint density at radius 1 is 0.158 bits per heavy atom. The van der Waals surface area contributed by atoms with Gasteiger partial charge in [-0.1, -0.05) is 0 Å². The molecule has 0 N–H and O–H groups in total. The van der Waals surface area contributed by atoms with Crippen LogP contribution in [0.4, 0.5) is 250 Å². The molecular formula is C33H12F57O4P. The van der Waals surface area contributed by atoms with Gasteiger partial charge in [-0.2, -0.15) is 250 Å². The molecule has 0 bridgehead atoms. The van der Waals surface area contributed by atoms with Crippen LogP contribution in [-0.2, 0) is 18.1 Å². The van der Waals surface area contributed by atoms with E-state index in [-0.39, 0.29) is 0 Å². The third-order valence-electron chi connectivity index (χ3n) is 11.5. The van der Waals surface area contributed by atoms with Crippen LogP contribution in [0.2, 0.25) is 0 Å². The molecular weight excluding hydrogens is 1570 g/mol. The molecule has 0 fully saturated rings. The molecule has 0 rings (SSSR count). The van der Waals surface area contributed by atoms with Crippen molar-refractivity contribution in [2.24, 2.45) is 0 Å². The highest BCUT2D eigenvalue weighted by molar-refractivity contribution is 7.48. The minimum absolute atomic E-state index is 2.89. The summed E-state index contributed by atoms with van der Waals surface area (Å²) in [4.78, 5) is 0. The van der Waals surface area contributed by atoms with Crippen LogP contribution in [0.5, 0.6) is 0 Å². The molecule has 0 atom stereocenters. The first-order chi connectivity index (χ1) is 40.1. The summed E-state index contributed by atoms with van der Waals surface area (Å²) in [6.07, 6.45) is -39.1. The smallest absolute Gasteiger partial charge is 0.287 e. The maximum absolute atomic E-state index is 14.5. The Morgan fingerprint density at radius 2 is 0.253 bits per heavy atom. The second-order valence-corrected chi connectivity index (χ2v) is 19.5. The molecule has 0 aliphatic rings. The fourth-order valence-corrected chi connectivity index (χ4v) is 6.79. The molecule has 0 saturated heterocycles. The summed E-state index contributed by atoms with van der Waals surface area (Å²) in [7, 11) is -8.28. The molecule has 0 saturated carbocycles. The molecule has 0 amide bonds. The van der Waals surface area contributed by atoms with Gasteiger partial charge >= 0.3 is 168 Å². The number of hydrogen-bond donors (Lipinski definition) is 0. The van der Waals surface area contributed by atoms with Gasteiger partial charge in [0.25, 0.3) is 0 Å². The molecule has 0 spiro atoms. The molecule has 0 radical (unpaired) electrons. The van der Waals surface area contributed by atoms with Gasteiger partial charge in [-0.25, -0.2) is 4.57 Å². The quantitative estimate of drug-likeness (QED) is 0.0485. The van der Waals surface area contributed by atoms with Gasteiger partial charge in [0.15, 0.2) is 0 Å². The third kappa shape index (κ3) is 12.6. The predicted octanol–water partition coefficient (Wildman–Crippen LogP) is 20.2. The molecule has 4 nitrogen and oxygen atoms in total. The summed E-state index contributed by atoms with van der Waals surface area (Å²) in [5, 5.41) is 0. The van der Waals surface area contributed by atoms with E-state index in [9.17, 15) is 255 Å². The van der Waals surface area contributed by atoms with Crippen molar-refractivity contribution in [2.45, 2.75) is 180 Å². The van der Waals surface area contributed by atoms with Crippen molar-refractivity contribution in [3.05, 3.63) is 0 Å². The Hall–Kier alpha value is -3.88. The number of halogens is 57. The predicted molar refractivity (Wildman–Crippen MR) is 176 cm³/mol. The van der Waals surface area contributed by atoms with Crippen LogP contribution in [-0.4, -0.2) is 180 Å². The lowest BCUT2D eigenvalue weighted by Gasteiger charge is -2.44. The van der Waals surface area contributed by atoms with Crippen molar-refractivity contribution in [3.8, 4) is 0 Å². The fraction of sp³-hybridized carbons (Fsp3) is 1.00. The molecule has 0 unspecified atom stereocenters. The van der Waals surface area contributed by atoms with E-state index < -0.39 is 208 Å². The Bertz CT molecular complexity index is 2420. The van der Waals surface area contributed by atoms with Crippen LogP contribution in [0, 0.1) is 0 Å². The topological polar surface area (TPSA) is 44.8 Å². The van der Waals surface area contributed by atoms with Crippen LogP contribution in [0.1, 0.15) is 19.3 Å². The van der Waals surface area contributed by atoms with E-state index in [1.54, 1.807) is 0 Å². The van der Waals surface area contributed by atoms with Crippen LogP contribution >= 0.6 is 7.82 Å². The van der Waals surface area contributed by atoms with E-state index in [1.807, 2.05) is 0 Å². The molecule has 0 aliphatic heterocycles. The van der Waals surface area contributed by atoms with Gasteiger partial charge in [0, 0.05) is 19.3 Å². The van der Waals surface area contributed by atoms with Crippen molar-refractivity contribution < 1.29 is 268 Å². The highest BCUT2D eigenvalue weighted by atomic mass is 31.2. The Balaban J connectivity index is 8.07. The van der Waals surface area contributed by atoms with E-state index in [1.165, 1.54) is 0 Å². The summed E-state index contributed by atoms with van der Waals surface area (Å²) in [6.45, 7) is -12.1. The average molecular weight is 1590 g/mol. The van der Waals surface area contributed by atoms with Gasteiger partial charge < -0.3 is 0 Å². The van der Waals surface area contributed by atoms with Crippen molar-refractivity contribution in [2.75, 3.05) is 19.8 Å². The summed E-state index contributed by atoms with van der Waals surface area (Å²) in [5.74, 6) is -224. The van der Waals surface area contributed by atoms with Crippen molar-refractivity contribution in [1.29, 1.82) is 0 Å². The SMILES string of the molecule is O=P(OCCC(F)(F)C(F)(F)C(F)(F)C(F)(F)C(F)(F)C(F)(F)C(F)(F)C(F)(F)C(F)(F)F)(OCCC(F)(F)C(F)(F)C(F)(F)C(F)(F)C(F)(F)C(F)(F)C(F)(F)C(F)(F)C(F)(F)F)OCCC(F)(F)C(F)(F)C(F)(F)C(F)(F)C(F)(F)C(F)(F)C(F)(F)C(F)(F)C(F)(F)F. The first-order valence-corrected chi connectivity index (χ1v) is 22.4. The Morgan fingerprint density at radius 3 is 0.358 bits per heavy atom. The zero-order valence-corrected chi connectivity index (χ0v) is 42.3. The number of rotatable bonds is 33. The number of hydrogen-bond acceptors (Lipinski definition) is 4. The third-order valence-corrected chi connectivity index (χ3v) is 13.0. The van der Waals surface area contributed by atoms with Crippen molar-refractivity contribution in [1.82, 2.24) is 0 Å². The number of alkyl halides is 57.